The molecule has 0 radical (unpaired) electrons. The summed E-state index contributed by atoms with van der Waals surface area (Å²) < 4.78 is 38.0. The second-order valence-electron chi connectivity index (χ2n) is 6.01. The molecule has 2 aromatic carbocycles. The Bertz CT molecular complexity index is 908. The SMILES string of the molecule is O=C(CCCNC(=O)c1ccc(F)cc1F)Nc1cc2c(cc1Br)OCCO2. The molecule has 0 aromatic heterocycles. The molecule has 2 aromatic rings. The third kappa shape index (κ3) is 4.98. The Morgan fingerprint density at radius 1 is 1.07 bits per heavy atom. The quantitative estimate of drug-likeness (QED) is 0.653. The molecule has 0 saturated carbocycles. The molecule has 0 aliphatic carbocycles. The number of hydrogen-bond donors (Lipinski definition) is 2. The predicted octanol–water partition coefficient (Wildman–Crippen LogP) is 3.65. The summed E-state index contributed by atoms with van der Waals surface area (Å²) in [6.45, 7) is 1.08. The van der Waals surface area contributed by atoms with E-state index in [4.69, 9.17) is 9.47 Å². The number of carbonyl (C=O) groups excluding carboxylic acids is 2. The summed E-state index contributed by atoms with van der Waals surface area (Å²) in [5.74, 6) is -1.44. The normalized spacial score (nSPS) is 12.4. The maximum atomic E-state index is 13.5. The number of hydrogen-bond acceptors (Lipinski definition) is 4. The van der Waals surface area contributed by atoms with E-state index in [0.717, 1.165) is 12.1 Å². The summed E-state index contributed by atoms with van der Waals surface area (Å²) in [5, 5.41) is 5.26. The van der Waals surface area contributed by atoms with Crippen LogP contribution in [-0.4, -0.2) is 31.6 Å². The van der Waals surface area contributed by atoms with Crippen molar-refractivity contribution in [2.45, 2.75) is 12.8 Å². The van der Waals surface area contributed by atoms with Gasteiger partial charge >= 0.3 is 0 Å². The van der Waals surface area contributed by atoms with E-state index in [1.165, 1.54) is 0 Å². The van der Waals surface area contributed by atoms with E-state index >= 15 is 0 Å². The van der Waals surface area contributed by atoms with Crippen molar-refractivity contribution in [3.05, 3.63) is 52.0 Å². The average Bonchev–Trinajstić information content (AvgIpc) is 2.65. The third-order valence-corrected chi connectivity index (χ3v) is 4.60. The monoisotopic (exact) mass is 454 g/mol. The van der Waals surface area contributed by atoms with Gasteiger partial charge < -0.3 is 20.1 Å². The summed E-state index contributed by atoms with van der Waals surface area (Å²) in [7, 11) is 0. The molecule has 1 aliphatic rings. The van der Waals surface area contributed by atoms with Crippen molar-refractivity contribution in [2.24, 2.45) is 0 Å². The fraction of sp³-hybridized carbons (Fsp3) is 0.263. The minimum Gasteiger partial charge on any atom is -0.486 e. The Balaban J connectivity index is 1.46. The molecule has 28 heavy (non-hydrogen) atoms. The van der Waals surface area contributed by atoms with Crippen LogP contribution in [0.15, 0.2) is 34.8 Å². The Morgan fingerprint density at radius 3 is 2.50 bits per heavy atom. The van der Waals surface area contributed by atoms with Gasteiger partial charge in [-0.15, -0.1) is 0 Å². The summed E-state index contributed by atoms with van der Waals surface area (Å²) >= 11 is 3.37. The van der Waals surface area contributed by atoms with Crippen LogP contribution < -0.4 is 20.1 Å². The Kier molecular flexibility index (Phi) is 6.45. The molecule has 148 valence electrons. The largest absolute Gasteiger partial charge is 0.486 e. The molecule has 3 rings (SSSR count). The van der Waals surface area contributed by atoms with Gasteiger partial charge in [-0.25, -0.2) is 8.78 Å². The van der Waals surface area contributed by atoms with Gasteiger partial charge in [0.05, 0.1) is 11.3 Å². The molecular formula is C19H17BrF2N2O4. The maximum absolute atomic E-state index is 13.5. The minimum atomic E-state index is -0.932. The molecule has 2 amide bonds. The highest BCUT2D eigenvalue weighted by atomic mass is 79.9. The lowest BCUT2D eigenvalue weighted by atomic mass is 10.2. The predicted molar refractivity (Wildman–Crippen MR) is 102 cm³/mol. The van der Waals surface area contributed by atoms with E-state index in [9.17, 15) is 18.4 Å². The number of nitrogens with one attached hydrogen (secondary N) is 2. The molecule has 0 bridgehead atoms. The summed E-state index contributed by atoms with van der Waals surface area (Å²) in [6.07, 6.45) is 0.496. The van der Waals surface area contributed by atoms with Gasteiger partial charge in [-0.3, -0.25) is 9.59 Å². The van der Waals surface area contributed by atoms with Crippen LogP contribution >= 0.6 is 15.9 Å². The van der Waals surface area contributed by atoms with Gasteiger partial charge in [0.2, 0.25) is 5.91 Å². The summed E-state index contributed by atoms with van der Waals surface area (Å²) in [6, 6.07) is 6.13. The van der Waals surface area contributed by atoms with Gasteiger partial charge in [-0.2, -0.15) is 0 Å². The zero-order valence-electron chi connectivity index (χ0n) is 14.7. The number of fused-ring (bicyclic) bond motifs is 1. The maximum Gasteiger partial charge on any atom is 0.254 e. The van der Waals surface area contributed by atoms with Gasteiger partial charge in [-0.05, 0) is 34.5 Å². The average molecular weight is 455 g/mol. The van der Waals surface area contributed by atoms with E-state index in [0.29, 0.717) is 47.4 Å². The zero-order valence-corrected chi connectivity index (χ0v) is 16.3. The molecule has 1 aliphatic heterocycles. The van der Waals surface area contributed by atoms with Gasteiger partial charge in [-0.1, -0.05) is 0 Å². The number of halogens is 3. The number of ether oxygens (including phenoxy) is 2. The van der Waals surface area contributed by atoms with Crippen molar-refractivity contribution in [3.8, 4) is 11.5 Å². The molecule has 2 N–H and O–H groups in total. The third-order valence-electron chi connectivity index (χ3n) is 3.95. The van der Waals surface area contributed by atoms with E-state index in [1.807, 2.05) is 0 Å². The van der Waals surface area contributed by atoms with Crippen molar-refractivity contribution in [3.63, 3.8) is 0 Å². The zero-order chi connectivity index (χ0) is 20.1. The fourth-order valence-corrected chi connectivity index (χ4v) is 3.01. The Morgan fingerprint density at radius 2 is 1.79 bits per heavy atom. The molecule has 9 heteroatoms. The van der Waals surface area contributed by atoms with Crippen LogP contribution in [-0.2, 0) is 4.79 Å². The van der Waals surface area contributed by atoms with Crippen molar-refractivity contribution in [2.75, 3.05) is 25.1 Å². The number of amides is 2. The highest BCUT2D eigenvalue weighted by Gasteiger charge is 2.16. The lowest BCUT2D eigenvalue weighted by Gasteiger charge is -2.20. The van der Waals surface area contributed by atoms with Crippen LogP contribution in [0.1, 0.15) is 23.2 Å². The van der Waals surface area contributed by atoms with Gasteiger partial charge in [0, 0.05) is 35.6 Å². The lowest BCUT2D eigenvalue weighted by molar-refractivity contribution is -0.116. The van der Waals surface area contributed by atoms with Crippen molar-refractivity contribution < 1.29 is 27.8 Å². The number of benzene rings is 2. The Labute approximate surface area is 168 Å². The molecule has 0 spiro atoms. The summed E-state index contributed by atoms with van der Waals surface area (Å²) in [5.41, 5.74) is 0.303. The second kappa shape index (κ2) is 9.01. The molecule has 1 heterocycles. The highest BCUT2D eigenvalue weighted by Crippen LogP contribution is 2.38. The number of carbonyl (C=O) groups is 2. The van der Waals surface area contributed by atoms with Gasteiger partial charge in [0.15, 0.2) is 11.5 Å². The molecule has 6 nitrogen and oxygen atoms in total. The molecular weight excluding hydrogens is 438 g/mol. The smallest absolute Gasteiger partial charge is 0.254 e. The first-order valence-corrected chi connectivity index (χ1v) is 9.35. The van der Waals surface area contributed by atoms with Crippen LogP contribution in [0.4, 0.5) is 14.5 Å². The number of anilines is 1. The van der Waals surface area contributed by atoms with Crippen LogP contribution in [0.3, 0.4) is 0 Å². The number of rotatable bonds is 6. The first-order valence-electron chi connectivity index (χ1n) is 8.56. The second-order valence-corrected chi connectivity index (χ2v) is 6.86. The summed E-state index contributed by atoms with van der Waals surface area (Å²) in [4.78, 5) is 24.0. The lowest BCUT2D eigenvalue weighted by Crippen LogP contribution is -2.26. The van der Waals surface area contributed by atoms with Crippen LogP contribution in [0.2, 0.25) is 0 Å². The standard InChI is InChI=1S/C19H17BrF2N2O4/c20-13-9-16-17(28-7-6-27-16)10-15(13)24-18(25)2-1-5-23-19(26)12-4-3-11(21)8-14(12)22/h3-4,8-10H,1-2,5-7H2,(H,23,26)(H,24,25). The van der Waals surface area contributed by atoms with Crippen LogP contribution in [0, 0.1) is 11.6 Å². The molecule has 0 atom stereocenters. The fourth-order valence-electron chi connectivity index (χ4n) is 2.59. The first-order chi connectivity index (χ1) is 13.4. The molecule has 0 fully saturated rings. The van der Waals surface area contributed by atoms with Gasteiger partial charge in [0.25, 0.3) is 5.91 Å². The molecule has 0 saturated heterocycles. The highest BCUT2D eigenvalue weighted by molar-refractivity contribution is 9.10. The van der Waals surface area contributed by atoms with E-state index < -0.39 is 17.5 Å². The van der Waals surface area contributed by atoms with E-state index in [-0.39, 0.29) is 24.4 Å². The first kappa shape index (κ1) is 20.1. The van der Waals surface area contributed by atoms with E-state index in [2.05, 4.69) is 26.6 Å². The van der Waals surface area contributed by atoms with Crippen LogP contribution in [0.25, 0.3) is 0 Å². The minimum absolute atomic E-state index is 0.146. The van der Waals surface area contributed by atoms with Crippen LogP contribution in [0.5, 0.6) is 11.5 Å². The van der Waals surface area contributed by atoms with Gasteiger partial charge in [0.1, 0.15) is 24.8 Å². The molecule has 0 unspecified atom stereocenters. The van der Waals surface area contributed by atoms with Crippen molar-refractivity contribution >= 4 is 33.4 Å². The van der Waals surface area contributed by atoms with Crippen molar-refractivity contribution in [1.29, 1.82) is 0 Å². The van der Waals surface area contributed by atoms with E-state index in [1.54, 1.807) is 12.1 Å². The van der Waals surface area contributed by atoms with Crippen molar-refractivity contribution in [1.82, 2.24) is 5.32 Å². The topological polar surface area (TPSA) is 76.7 Å². The Hall–Kier alpha value is -2.68.